The number of aromatic nitrogens is 3. The summed E-state index contributed by atoms with van der Waals surface area (Å²) in [5.41, 5.74) is 2.05. The minimum Gasteiger partial charge on any atom is -0.316 e. The minimum atomic E-state index is 0.540. The molecule has 1 atom stereocenters. The highest BCUT2D eigenvalue weighted by Gasteiger charge is 2.21. The molecule has 1 aliphatic rings. The summed E-state index contributed by atoms with van der Waals surface area (Å²) in [6.45, 7) is 5.29. The van der Waals surface area contributed by atoms with Crippen LogP contribution in [0.4, 0.5) is 0 Å². The van der Waals surface area contributed by atoms with Crippen molar-refractivity contribution in [2.24, 2.45) is 0 Å². The van der Waals surface area contributed by atoms with Crippen molar-refractivity contribution in [2.45, 2.75) is 32.2 Å². The third-order valence-electron chi connectivity index (χ3n) is 3.51. The van der Waals surface area contributed by atoms with Crippen molar-refractivity contribution < 1.29 is 0 Å². The molecule has 4 heteroatoms. The maximum Gasteiger partial charge on any atom is 0.159 e. The van der Waals surface area contributed by atoms with Crippen molar-refractivity contribution in [1.29, 1.82) is 0 Å². The summed E-state index contributed by atoms with van der Waals surface area (Å²) in [7, 11) is 0. The van der Waals surface area contributed by atoms with Gasteiger partial charge in [-0.3, -0.25) is 0 Å². The molecule has 1 saturated heterocycles. The zero-order valence-corrected chi connectivity index (χ0v) is 10.2. The van der Waals surface area contributed by atoms with Crippen molar-refractivity contribution in [2.75, 3.05) is 13.1 Å². The van der Waals surface area contributed by atoms with Crippen LogP contribution < -0.4 is 5.32 Å². The third-order valence-corrected chi connectivity index (χ3v) is 3.51. The van der Waals surface area contributed by atoms with Gasteiger partial charge in [0.1, 0.15) is 11.3 Å². The number of hydrogen-bond donors (Lipinski definition) is 1. The summed E-state index contributed by atoms with van der Waals surface area (Å²) in [5, 5.41) is 3.46. The van der Waals surface area contributed by atoms with Gasteiger partial charge in [-0.15, -0.1) is 0 Å². The first-order valence-electron chi connectivity index (χ1n) is 6.42. The highest BCUT2D eigenvalue weighted by atomic mass is 15.1. The van der Waals surface area contributed by atoms with Gasteiger partial charge < -0.3 is 9.88 Å². The zero-order chi connectivity index (χ0) is 11.7. The Kier molecular flexibility index (Phi) is 2.81. The number of nitrogens with one attached hydrogen (secondary N) is 1. The van der Waals surface area contributed by atoms with Crippen LogP contribution in [0.5, 0.6) is 0 Å². The molecule has 1 unspecified atom stereocenters. The maximum absolute atomic E-state index is 4.77. The van der Waals surface area contributed by atoms with Gasteiger partial charge in [-0.25, -0.2) is 9.97 Å². The first-order valence-corrected chi connectivity index (χ1v) is 6.42. The molecule has 0 saturated carbocycles. The molecule has 1 N–H and O–H groups in total. The number of pyridine rings is 1. The van der Waals surface area contributed by atoms with Gasteiger partial charge in [-0.1, -0.05) is 0 Å². The highest BCUT2D eigenvalue weighted by Crippen LogP contribution is 2.25. The Morgan fingerprint density at radius 3 is 3.24 bits per heavy atom. The van der Waals surface area contributed by atoms with E-state index in [-0.39, 0.29) is 0 Å². The third kappa shape index (κ3) is 1.82. The molecule has 2 aromatic rings. The van der Waals surface area contributed by atoms with Crippen LogP contribution in [0.3, 0.4) is 0 Å². The molecule has 0 spiro atoms. The molecule has 0 amide bonds. The average molecular weight is 230 g/mol. The number of rotatable bonds is 2. The number of aryl methyl sites for hydroxylation is 1. The van der Waals surface area contributed by atoms with E-state index in [2.05, 4.69) is 21.8 Å². The van der Waals surface area contributed by atoms with Crippen molar-refractivity contribution >= 4 is 11.2 Å². The fourth-order valence-electron chi connectivity index (χ4n) is 2.67. The second-order valence-electron chi connectivity index (χ2n) is 4.60. The first kappa shape index (κ1) is 10.7. The first-order chi connectivity index (χ1) is 8.40. The smallest absolute Gasteiger partial charge is 0.159 e. The number of imidazole rings is 1. The van der Waals surface area contributed by atoms with Gasteiger partial charge >= 0.3 is 0 Å². The Morgan fingerprint density at radius 2 is 2.47 bits per heavy atom. The summed E-state index contributed by atoms with van der Waals surface area (Å²) < 4.78 is 2.26. The van der Waals surface area contributed by atoms with Crippen LogP contribution in [-0.4, -0.2) is 27.6 Å². The van der Waals surface area contributed by atoms with E-state index < -0.39 is 0 Å². The van der Waals surface area contributed by atoms with Gasteiger partial charge in [0.2, 0.25) is 0 Å². The number of piperidine rings is 1. The molecule has 0 aromatic carbocycles. The summed E-state index contributed by atoms with van der Waals surface area (Å²) in [6, 6.07) is 4.01. The standard InChI is InChI=1S/C13H18N4/c1-2-17-12(10-5-3-7-14-9-10)16-11-6-4-8-15-13(11)17/h4,6,8,10,14H,2-3,5,7,9H2,1H3. The molecular weight excluding hydrogens is 212 g/mol. The largest absolute Gasteiger partial charge is 0.316 e. The van der Waals surface area contributed by atoms with E-state index in [1.165, 1.54) is 18.7 Å². The number of nitrogens with zero attached hydrogens (tertiary/aromatic N) is 3. The van der Waals surface area contributed by atoms with Gasteiger partial charge in [-0.05, 0) is 38.4 Å². The Labute approximate surface area is 101 Å². The molecular formula is C13H18N4. The van der Waals surface area contributed by atoms with Gasteiger partial charge in [0, 0.05) is 25.2 Å². The Balaban J connectivity index is 2.08. The van der Waals surface area contributed by atoms with E-state index in [4.69, 9.17) is 4.98 Å². The van der Waals surface area contributed by atoms with Crippen LogP contribution in [0.2, 0.25) is 0 Å². The average Bonchev–Trinajstić information content (AvgIpc) is 2.78. The summed E-state index contributed by atoms with van der Waals surface area (Å²) in [5.74, 6) is 1.74. The quantitative estimate of drug-likeness (QED) is 0.857. The van der Waals surface area contributed by atoms with E-state index in [1.54, 1.807) is 0 Å². The molecule has 3 rings (SSSR count). The molecule has 17 heavy (non-hydrogen) atoms. The van der Waals surface area contributed by atoms with Gasteiger partial charge in [0.05, 0.1) is 0 Å². The molecule has 2 aromatic heterocycles. The predicted molar refractivity (Wildman–Crippen MR) is 68.0 cm³/mol. The summed E-state index contributed by atoms with van der Waals surface area (Å²) >= 11 is 0. The van der Waals surface area contributed by atoms with E-state index >= 15 is 0 Å². The van der Waals surface area contributed by atoms with Crippen molar-refractivity contribution in [3.05, 3.63) is 24.2 Å². The molecule has 1 fully saturated rings. The lowest BCUT2D eigenvalue weighted by Gasteiger charge is -2.22. The zero-order valence-electron chi connectivity index (χ0n) is 10.2. The molecule has 4 nitrogen and oxygen atoms in total. The molecule has 90 valence electrons. The van der Waals surface area contributed by atoms with Crippen LogP contribution in [0, 0.1) is 0 Å². The molecule has 1 aliphatic heterocycles. The summed E-state index contributed by atoms with van der Waals surface area (Å²) in [6.07, 6.45) is 4.32. The second kappa shape index (κ2) is 4.45. The Hall–Kier alpha value is -1.42. The van der Waals surface area contributed by atoms with Crippen molar-refractivity contribution in [3.63, 3.8) is 0 Å². The van der Waals surface area contributed by atoms with Crippen LogP contribution in [-0.2, 0) is 6.54 Å². The lowest BCUT2D eigenvalue weighted by Crippen LogP contribution is -2.30. The van der Waals surface area contributed by atoms with Crippen molar-refractivity contribution in [1.82, 2.24) is 19.9 Å². The number of hydrogen-bond acceptors (Lipinski definition) is 3. The van der Waals surface area contributed by atoms with E-state index in [0.29, 0.717) is 5.92 Å². The monoisotopic (exact) mass is 230 g/mol. The highest BCUT2D eigenvalue weighted by molar-refractivity contribution is 5.71. The molecule has 0 bridgehead atoms. The lowest BCUT2D eigenvalue weighted by molar-refractivity contribution is 0.435. The van der Waals surface area contributed by atoms with Crippen LogP contribution in [0.25, 0.3) is 11.2 Å². The van der Waals surface area contributed by atoms with E-state index in [1.807, 2.05) is 18.3 Å². The van der Waals surface area contributed by atoms with E-state index in [0.717, 1.165) is 30.8 Å². The topological polar surface area (TPSA) is 42.7 Å². The second-order valence-corrected chi connectivity index (χ2v) is 4.60. The van der Waals surface area contributed by atoms with Crippen LogP contribution in [0.15, 0.2) is 18.3 Å². The molecule has 0 radical (unpaired) electrons. The van der Waals surface area contributed by atoms with Gasteiger partial charge in [0.15, 0.2) is 5.65 Å². The van der Waals surface area contributed by atoms with Crippen molar-refractivity contribution in [3.8, 4) is 0 Å². The Morgan fingerprint density at radius 1 is 1.53 bits per heavy atom. The number of fused-ring (bicyclic) bond motifs is 1. The van der Waals surface area contributed by atoms with Crippen LogP contribution in [0.1, 0.15) is 31.5 Å². The fourth-order valence-corrected chi connectivity index (χ4v) is 2.67. The lowest BCUT2D eigenvalue weighted by atomic mass is 9.99. The maximum atomic E-state index is 4.77. The molecule has 0 aliphatic carbocycles. The van der Waals surface area contributed by atoms with E-state index in [9.17, 15) is 0 Å². The van der Waals surface area contributed by atoms with Gasteiger partial charge in [-0.2, -0.15) is 0 Å². The Bertz CT molecular complexity index is 511. The SMILES string of the molecule is CCn1c(C2CCCNC2)nc2cccnc21. The predicted octanol–water partition coefficient (Wildman–Crippen LogP) is 1.92. The van der Waals surface area contributed by atoms with Crippen LogP contribution >= 0.6 is 0 Å². The fraction of sp³-hybridized carbons (Fsp3) is 0.538. The summed E-state index contributed by atoms with van der Waals surface area (Å²) in [4.78, 5) is 9.22. The minimum absolute atomic E-state index is 0.540. The normalized spacial score (nSPS) is 20.9. The van der Waals surface area contributed by atoms with Gasteiger partial charge in [0.25, 0.3) is 0 Å². The molecule has 3 heterocycles.